The molecule has 28 heavy (non-hydrogen) atoms. The molecule has 4 atom stereocenters. The predicted octanol–water partition coefficient (Wildman–Crippen LogP) is 2.43. The number of aliphatic hydroxyl groups excluding tert-OH is 4. The molecule has 4 N–H and O–H groups in total. The molecule has 5 nitrogen and oxygen atoms in total. The number of benzene rings is 2. The summed E-state index contributed by atoms with van der Waals surface area (Å²) in [4.78, 5) is 0. The monoisotopic (exact) mass is 404 g/mol. The molecule has 0 heterocycles. The van der Waals surface area contributed by atoms with E-state index in [9.17, 15) is 20.4 Å². The van der Waals surface area contributed by atoms with Crippen molar-refractivity contribution in [2.75, 3.05) is 13.2 Å². The average Bonchev–Trinajstić information content (AvgIpc) is 2.70. The summed E-state index contributed by atoms with van der Waals surface area (Å²) >= 11 is 6.38. The molecule has 2 aromatic rings. The maximum atomic E-state index is 10.4. The van der Waals surface area contributed by atoms with E-state index in [-0.39, 0.29) is 6.61 Å². The molecular weight excluding hydrogens is 380 g/mol. The molecule has 0 radical (unpaired) electrons. The number of halogens is 1. The summed E-state index contributed by atoms with van der Waals surface area (Å²) in [5, 5.41) is 40.5. The van der Waals surface area contributed by atoms with E-state index in [2.05, 4.69) is 0 Å². The van der Waals surface area contributed by atoms with Crippen molar-refractivity contribution >= 4 is 11.6 Å². The van der Waals surface area contributed by atoms with Crippen molar-refractivity contribution in [3.05, 3.63) is 75.8 Å². The summed E-state index contributed by atoms with van der Waals surface area (Å²) in [5.41, 5.74) is 3.00. The Morgan fingerprint density at radius 1 is 1.00 bits per heavy atom. The number of hydrogen-bond acceptors (Lipinski definition) is 5. The Balaban J connectivity index is 1.87. The van der Waals surface area contributed by atoms with Crippen LogP contribution in [0.2, 0.25) is 5.02 Å². The smallest absolute Gasteiger partial charge is 0.119 e. The summed E-state index contributed by atoms with van der Waals surface area (Å²) in [5.74, 6) is 0.266. The van der Waals surface area contributed by atoms with Gasteiger partial charge < -0.3 is 25.2 Å². The first-order valence-electron chi connectivity index (χ1n) is 9.30. The highest BCUT2D eigenvalue weighted by molar-refractivity contribution is 6.31. The Morgan fingerprint density at radius 3 is 2.36 bits per heavy atom. The molecule has 0 spiro atoms. The molecule has 0 aliphatic heterocycles. The molecule has 0 fully saturated rings. The van der Waals surface area contributed by atoms with Crippen molar-refractivity contribution in [1.29, 1.82) is 0 Å². The first-order chi connectivity index (χ1) is 13.4. The van der Waals surface area contributed by atoms with Crippen molar-refractivity contribution in [2.45, 2.75) is 37.6 Å². The van der Waals surface area contributed by atoms with Gasteiger partial charge in [-0.05, 0) is 53.8 Å². The zero-order valence-electron chi connectivity index (χ0n) is 15.6. The Morgan fingerprint density at radius 2 is 1.71 bits per heavy atom. The van der Waals surface area contributed by atoms with Crippen LogP contribution in [0.4, 0.5) is 0 Å². The lowest BCUT2D eigenvalue weighted by Gasteiger charge is -2.34. The van der Waals surface area contributed by atoms with Gasteiger partial charge in [-0.1, -0.05) is 41.9 Å². The van der Waals surface area contributed by atoms with Crippen molar-refractivity contribution in [3.63, 3.8) is 0 Å². The van der Waals surface area contributed by atoms with Crippen LogP contribution < -0.4 is 4.74 Å². The topological polar surface area (TPSA) is 90.2 Å². The molecule has 0 bridgehead atoms. The Hall–Kier alpha value is -1.89. The SMILES string of the molecule is CCOc1ccc(Cc2cc([C@H]3C=C(CO)[C@@H](O)[C@H](O)[C@H]3O)ccc2Cl)cc1. The van der Waals surface area contributed by atoms with E-state index in [0.717, 1.165) is 22.4 Å². The van der Waals surface area contributed by atoms with E-state index >= 15 is 0 Å². The third-order valence-electron chi connectivity index (χ3n) is 5.08. The van der Waals surface area contributed by atoms with Gasteiger partial charge >= 0.3 is 0 Å². The van der Waals surface area contributed by atoms with Gasteiger partial charge in [-0.25, -0.2) is 0 Å². The minimum absolute atomic E-state index is 0.297. The lowest BCUT2D eigenvalue weighted by Crippen LogP contribution is -2.45. The number of rotatable bonds is 6. The zero-order valence-corrected chi connectivity index (χ0v) is 16.4. The first-order valence-corrected chi connectivity index (χ1v) is 9.68. The summed E-state index contributed by atoms with van der Waals surface area (Å²) in [6, 6.07) is 13.2. The van der Waals surface area contributed by atoms with E-state index in [4.69, 9.17) is 16.3 Å². The molecule has 1 aliphatic rings. The third kappa shape index (κ3) is 4.40. The van der Waals surface area contributed by atoms with Crippen LogP contribution in [0.1, 0.15) is 29.5 Å². The summed E-state index contributed by atoms with van der Waals surface area (Å²) in [7, 11) is 0. The molecule has 150 valence electrons. The normalized spacial score (nSPS) is 24.7. The van der Waals surface area contributed by atoms with Gasteiger partial charge in [0.05, 0.1) is 19.3 Å². The third-order valence-corrected chi connectivity index (χ3v) is 5.45. The van der Waals surface area contributed by atoms with Crippen molar-refractivity contribution in [3.8, 4) is 5.75 Å². The fourth-order valence-electron chi connectivity index (χ4n) is 3.51. The predicted molar refractivity (Wildman–Crippen MR) is 108 cm³/mol. The van der Waals surface area contributed by atoms with Gasteiger partial charge in [-0.15, -0.1) is 0 Å². The maximum Gasteiger partial charge on any atom is 0.119 e. The number of ether oxygens (including phenoxy) is 1. The van der Waals surface area contributed by atoms with E-state index in [0.29, 0.717) is 23.6 Å². The minimum Gasteiger partial charge on any atom is -0.494 e. The van der Waals surface area contributed by atoms with Gasteiger partial charge in [-0.3, -0.25) is 0 Å². The van der Waals surface area contributed by atoms with Crippen molar-refractivity contribution < 1.29 is 25.2 Å². The van der Waals surface area contributed by atoms with Gasteiger partial charge in [0.2, 0.25) is 0 Å². The number of aliphatic hydroxyl groups is 4. The average molecular weight is 405 g/mol. The molecule has 0 aromatic heterocycles. The van der Waals surface area contributed by atoms with E-state index in [1.807, 2.05) is 37.3 Å². The second kappa shape index (κ2) is 9.07. The molecule has 3 rings (SSSR count). The van der Waals surface area contributed by atoms with Crippen LogP contribution in [0, 0.1) is 0 Å². The lowest BCUT2D eigenvalue weighted by atomic mass is 9.79. The first kappa shape index (κ1) is 20.8. The van der Waals surface area contributed by atoms with Crippen LogP contribution in [0.3, 0.4) is 0 Å². The Kier molecular flexibility index (Phi) is 6.75. The maximum absolute atomic E-state index is 10.4. The second-order valence-corrected chi connectivity index (χ2v) is 7.36. The van der Waals surface area contributed by atoms with Gasteiger partial charge in [0, 0.05) is 10.9 Å². The highest BCUT2D eigenvalue weighted by atomic mass is 35.5. The highest BCUT2D eigenvalue weighted by Crippen LogP contribution is 2.34. The van der Waals surface area contributed by atoms with E-state index in [1.54, 1.807) is 18.2 Å². The van der Waals surface area contributed by atoms with Gasteiger partial charge in [-0.2, -0.15) is 0 Å². The molecule has 0 unspecified atom stereocenters. The van der Waals surface area contributed by atoms with Crippen molar-refractivity contribution in [1.82, 2.24) is 0 Å². The second-order valence-electron chi connectivity index (χ2n) is 6.96. The van der Waals surface area contributed by atoms with Crippen LogP contribution in [0.5, 0.6) is 5.75 Å². The fraction of sp³-hybridized carbons (Fsp3) is 0.364. The van der Waals surface area contributed by atoms with Crippen LogP contribution in [0.15, 0.2) is 54.1 Å². The van der Waals surface area contributed by atoms with Gasteiger partial charge in [0.1, 0.15) is 18.0 Å². The number of hydrogen-bond donors (Lipinski definition) is 4. The molecule has 6 heteroatoms. The van der Waals surface area contributed by atoms with Crippen LogP contribution in [-0.4, -0.2) is 52.0 Å². The molecule has 0 saturated carbocycles. The van der Waals surface area contributed by atoms with Crippen molar-refractivity contribution in [2.24, 2.45) is 0 Å². The van der Waals surface area contributed by atoms with E-state index in [1.165, 1.54) is 0 Å². The molecule has 0 saturated heterocycles. The fourth-order valence-corrected chi connectivity index (χ4v) is 3.70. The summed E-state index contributed by atoms with van der Waals surface area (Å²) in [6.45, 7) is 2.17. The Bertz CT molecular complexity index is 833. The highest BCUT2D eigenvalue weighted by Gasteiger charge is 2.37. The Labute approximate surface area is 169 Å². The quantitative estimate of drug-likeness (QED) is 0.555. The standard InChI is InChI=1S/C22H25ClO5/c1-2-28-17-6-3-13(4-7-17)9-15-10-14(5-8-19(15)23)18-11-16(12-24)20(25)22(27)21(18)26/h3-8,10-11,18,20-22,24-27H,2,9,12H2,1H3/t18-,20-,21+,22+/m1/s1. The van der Waals surface area contributed by atoms with Gasteiger partial charge in [0.15, 0.2) is 0 Å². The van der Waals surface area contributed by atoms with Crippen LogP contribution in [-0.2, 0) is 6.42 Å². The molecule has 2 aromatic carbocycles. The summed E-state index contributed by atoms with van der Waals surface area (Å²) < 4.78 is 5.46. The molecule has 0 amide bonds. The van der Waals surface area contributed by atoms with Crippen LogP contribution >= 0.6 is 11.6 Å². The van der Waals surface area contributed by atoms with Crippen LogP contribution in [0.25, 0.3) is 0 Å². The lowest BCUT2D eigenvalue weighted by molar-refractivity contribution is -0.0608. The molecule has 1 aliphatic carbocycles. The molecular formula is C22H25ClO5. The van der Waals surface area contributed by atoms with Gasteiger partial charge in [0.25, 0.3) is 0 Å². The zero-order chi connectivity index (χ0) is 20.3. The largest absolute Gasteiger partial charge is 0.494 e. The summed E-state index contributed by atoms with van der Waals surface area (Å²) in [6.07, 6.45) is -1.59. The minimum atomic E-state index is -1.36. The van der Waals surface area contributed by atoms with E-state index < -0.39 is 24.2 Å².